The Morgan fingerprint density at radius 3 is 2.45 bits per heavy atom. The number of halogens is 1. The predicted molar refractivity (Wildman–Crippen MR) is 73.9 cm³/mol. The van der Waals surface area contributed by atoms with Crippen molar-refractivity contribution in [1.82, 2.24) is 0 Å². The summed E-state index contributed by atoms with van der Waals surface area (Å²) in [6.45, 7) is 0. The van der Waals surface area contributed by atoms with E-state index in [1.54, 1.807) is 24.3 Å². The first-order valence-corrected chi connectivity index (χ1v) is 5.93. The highest BCUT2D eigenvalue weighted by atomic mass is 19.1. The molecule has 0 saturated carbocycles. The number of rotatable bonds is 4. The zero-order valence-corrected chi connectivity index (χ0v) is 11.1. The van der Waals surface area contributed by atoms with E-state index in [1.165, 1.54) is 32.4 Å². The number of carbonyl (C=O) groups is 1. The summed E-state index contributed by atoms with van der Waals surface area (Å²) < 4.78 is 23.4. The third-order valence-electron chi connectivity index (χ3n) is 2.76. The van der Waals surface area contributed by atoms with Crippen molar-refractivity contribution in [1.29, 1.82) is 0 Å². The van der Waals surface area contributed by atoms with E-state index in [9.17, 15) is 9.18 Å². The van der Waals surface area contributed by atoms with E-state index < -0.39 is 11.7 Å². The van der Waals surface area contributed by atoms with Crippen LogP contribution in [0.1, 0.15) is 10.4 Å². The Balaban J connectivity index is 2.30. The number of amides is 1. The SMILES string of the molecule is COc1ccc(F)cc1NC(=O)c1ccccc1OC. The molecule has 0 aromatic heterocycles. The van der Waals surface area contributed by atoms with Gasteiger partial charge in [-0.2, -0.15) is 0 Å². The fourth-order valence-corrected chi connectivity index (χ4v) is 1.80. The van der Waals surface area contributed by atoms with Gasteiger partial charge in [0.25, 0.3) is 5.91 Å². The van der Waals surface area contributed by atoms with Gasteiger partial charge in [0, 0.05) is 6.07 Å². The van der Waals surface area contributed by atoms with Crippen molar-refractivity contribution in [3.8, 4) is 11.5 Å². The maximum atomic E-state index is 13.3. The number of nitrogens with one attached hydrogen (secondary N) is 1. The summed E-state index contributed by atoms with van der Waals surface area (Å²) in [6.07, 6.45) is 0. The van der Waals surface area contributed by atoms with Crippen LogP contribution in [0.25, 0.3) is 0 Å². The Labute approximate surface area is 116 Å². The van der Waals surface area contributed by atoms with Crippen LogP contribution in [0.5, 0.6) is 11.5 Å². The molecule has 0 atom stereocenters. The average molecular weight is 275 g/mol. The topological polar surface area (TPSA) is 47.6 Å². The minimum Gasteiger partial charge on any atom is -0.496 e. The Hall–Kier alpha value is -2.56. The van der Waals surface area contributed by atoms with Crippen LogP contribution < -0.4 is 14.8 Å². The van der Waals surface area contributed by atoms with Crippen molar-refractivity contribution in [3.05, 3.63) is 53.8 Å². The monoisotopic (exact) mass is 275 g/mol. The third-order valence-corrected chi connectivity index (χ3v) is 2.76. The molecule has 0 aliphatic carbocycles. The van der Waals surface area contributed by atoms with Gasteiger partial charge in [0.2, 0.25) is 0 Å². The van der Waals surface area contributed by atoms with Gasteiger partial charge >= 0.3 is 0 Å². The average Bonchev–Trinajstić information content (AvgIpc) is 2.47. The van der Waals surface area contributed by atoms with Crippen LogP contribution in [0, 0.1) is 5.82 Å². The van der Waals surface area contributed by atoms with Gasteiger partial charge in [0.05, 0.1) is 25.5 Å². The molecule has 2 rings (SSSR count). The number of ether oxygens (including phenoxy) is 2. The summed E-state index contributed by atoms with van der Waals surface area (Å²) in [5, 5.41) is 2.61. The number of anilines is 1. The number of benzene rings is 2. The third kappa shape index (κ3) is 2.88. The molecule has 2 aromatic rings. The lowest BCUT2D eigenvalue weighted by molar-refractivity contribution is 0.102. The molecule has 5 heteroatoms. The second kappa shape index (κ2) is 6.06. The Morgan fingerprint density at radius 2 is 1.75 bits per heavy atom. The molecule has 104 valence electrons. The van der Waals surface area contributed by atoms with Gasteiger partial charge in [-0.15, -0.1) is 0 Å². The highest BCUT2D eigenvalue weighted by Gasteiger charge is 2.14. The smallest absolute Gasteiger partial charge is 0.259 e. The molecule has 0 aliphatic rings. The lowest BCUT2D eigenvalue weighted by Crippen LogP contribution is -2.14. The largest absolute Gasteiger partial charge is 0.496 e. The predicted octanol–water partition coefficient (Wildman–Crippen LogP) is 3.10. The van der Waals surface area contributed by atoms with Crippen molar-refractivity contribution in [2.75, 3.05) is 19.5 Å². The maximum absolute atomic E-state index is 13.3. The summed E-state index contributed by atoms with van der Waals surface area (Å²) in [4.78, 5) is 12.2. The van der Waals surface area contributed by atoms with Gasteiger partial charge in [-0.25, -0.2) is 4.39 Å². The number of para-hydroxylation sites is 1. The fourth-order valence-electron chi connectivity index (χ4n) is 1.80. The minimum atomic E-state index is -0.457. The van der Waals surface area contributed by atoms with E-state index in [0.29, 0.717) is 17.1 Å². The molecule has 0 heterocycles. The molecule has 0 saturated heterocycles. The van der Waals surface area contributed by atoms with Crippen LogP contribution >= 0.6 is 0 Å². The molecule has 1 amide bonds. The van der Waals surface area contributed by atoms with Crippen LogP contribution in [0.2, 0.25) is 0 Å². The molecule has 4 nitrogen and oxygen atoms in total. The molecule has 0 bridgehead atoms. The molecule has 0 spiro atoms. The van der Waals surface area contributed by atoms with Crippen molar-refractivity contribution >= 4 is 11.6 Å². The summed E-state index contributed by atoms with van der Waals surface area (Å²) in [7, 11) is 2.93. The van der Waals surface area contributed by atoms with Crippen LogP contribution in [-0.2, 0) is 0 Å². The summed E-state index contributed by atoms with van der Waals surface area (Å²) in [6, 6.07) is 10.7. The molecular weight excluding hydrogens is 261 g/mol. The van der Waals surface area contributed by atoms with E-state index >= 15 is 0 Å². The number of methoxy groups -OCH3 is 2. The minimum absolute atomic E-state index is 0.267. The van der Waals surface area contributed by atoms with Gasteiger partial charge in [0.1, 0.15) is 17.3 Å². The Kier molecular flexibility index (Phi) is 4.20. The maximum Gasteiger partial charge on any atom is 0.259 e. The lowest BCUT2D eigenvalue weighted by Gasteiger charge is -2.12. The molecule has 0 radical (unpaired) electrons. The van der Waals surface area contributed by atoms with Crippen molar-refractivity contribution in [2.45, 2.75) is 0 Å². The van der Waals surface area contributed by atoms with Gasteiger partial charge < -0.3 is 14.8 Å². The molecule has 1 N–H and O–H groups in total. The zero-order valence-electron chi connectivity index (χ0n) is 11.1. The van der Waals surface area contributed by atoms with Crippen LogP contribution in [-0.4, -0.2) is 20.1 Å². The summed E-state index contributed by atoms with van der Waals surface area (Å²) in [5.74, 6) is -0.0255. The normalized spacial score (nSPS) is 9.95. The van der Waals surface area contributed by atoms with E-state index in [1.807, 2.05) is 0 Å². The second-order valence-corrected chi connectivity index (χ2v) is 4.00. The second-order valence-electron chi connectivity index (χ2n) is 4.00. The molecule has 0 unspecified atom stereocenters. The summed E-state index contributed by atoms with van der Waals surface area (Å²) in [5.41, 5.74) is 0.629. The van der Waals surface area contributed by atoms with E-state index in [2.05, 4.69) is 5.32 Å². The number of hydrogen-bond acceptors (Lipinski definition) is 3. The Morgan fingerprint density at radius 1 is 1.05 bits per heavy atom. The molecule has 2 aromatic carbocycles. The highest BCUT2D eigenvalue weighted by molar-refractivity contribution is 6.06. The van der Waals surface area contributed by atoms with E-state index in [0.717, 1.165) is 0 Å². The molecule has 0 fully saturated rings. The standard InChI is InChI=1S/C15H14FNO3/c1-19-13-6-4-3-5-11(13)15(18)17-12-9-10(16)7-8-14(12)20-2/h3-9H,1-2H3,(H,17,18). The molecular formula is C15H14FNO3. The van der Waals surface area contributed by atoms with Crippen LogP contribution in [0.4, 0.5) is 10.1 Å². The quantitative estimate of drug-likeness (QED) is 0.932. The van der Waals surface area contributed by atoms with Crippen molar-refractivity contribution < 1.29 is 18.7 Å². The lowest BCUT2D eigenvalue weighted by atomic mass is 10.2. The van der Waals surface area contributed by atoms with Crippen molar-refractivity contribution in [3.63, 3.8) is 0 Å². The first-order chi connectivity index (χ1) is 9.65. The van der Waals surface area contributed by atoms with Gasteiger partial charge in [-0.1, -0.05) is 12.1 Å². The van der Waals surface area contributed by atoms with Crippen LogP contribution in [0.3, 0.4) is 0 Å². The molecule has 20 heavy (non-hydrogen) atoms. The highest BCUT2D eigenvalue weighted by Crippen LogP contribution is 2.26. The molecule has 0 aliphatic heterocycles. The van der Waals surface area contributed by atoms with Crippen LogP contribution in [0.15, 0.2) is 42.5 Å². The first-order valence-electron chi connectivity index (χ1n) is 5.93. The number of carbonyl (C=O) groups excluding carboxylic acids is 1. The number of hydrogen-bond donors (Lipinski definition) is 1. The van der Waals surface area contributed by atoms with Crippen molar-refractivity contribution in [2.24, 2.45) is 0 Å². The van der Waals surface area contributed by atoms with E-state index in [4.69, 9.17) is 9.47 Å². The zero-order chi connectivity index (χ0) is 14.5. The van der Waals surface area contributed by atoms with E-state index in [-0.39, 0.29) is 5.69 Å². The van der Waals surface area contributed by atoms with Gasteiger partial charge in [-0.3, -0.25) is 4.79 Å². The summed E-state index contributed by atoms with van der Waals surface area (Å²) >= 11 is 0. The first kappa shape index (κ1) is 13.9. The Bertz CT molecular complexity index is 628. The fraction of sp³-hybridized carbons (Fsp3) is 0.133. The van der Waals surface area contributed by atoms with Gasteiger partial charge in [0.15, 0.2) is 0 Å². The van der Waals surface area contributed by atoms with Gasteiger partial charge in [-0.05, 0) is 24.3 Å².